The number of amides is 1. The standard InChI is InChI=1S/C24H19ClN4O4/c1-28-13-17(14-5-8-16(9-6-14)29(32)33)21(22(30)20-4-2-3-11-26-20)24(28)18-12-15(25)7-10-19(18)27-23(24)31/h2-12,17,21H,13H2,1H3,(H,27,31)/t17-,21?,24-/m1/s1. The van der Waals surface area contributed by atoms with E-state index < -0.39 is 22.3 Å². The van der Waals surface area contributed by atoms with Crippen LogP contribution in [0.3, 0.4) is 0 Å². The minimum atomic E-state index is -1.29. The van der Waals surface area contributed by atoms with Gasteiger partial charge in [-0.3, -0.25) is 29.6 Å². The van der Waals surface area contributed by atoms with E-state index in [4.69, 9.17) is 11.6 Å². The topological polar surface area (TPSA) is 105 Å². The Bertz CT molecular complexity index is 1280. The first-order valence-electron chi connectivity index (χ1n) is 10.4. The predicted molar refractivity (Wildman–Crippen MR) is 122 cm³/mol. The van der Waals surface area contributed by atoms with Gasteiger partial charge in [-0.15, -0.1) is 0 Å². The fourth-order valence-electron chi connectivity index (χ4n) is 5.22. The summed E-state index contributed by atoms with van der Waals surface area (Å²) in [6, 6.07) is 16.4. The molecular weight excluding hydrogens is 444 g/mol. The number of anilines is 1. The Labute approximate surface area is 194 Å². The molecule has 3 aromatic rings. The summed E-state index contributed by atoms with van der Waals surface area (Å²) in [7, 11) is 1.81. The number of rotatable bonds is 4. The third kappa shape index (κ3) is 3.13. The van der Waals surface area contributed by atoms with Gasteiger partial charge in [-0.25, -0.2) is 0 Å². The van der Waals surface area contributed by atoms with Crippen LogP contribution in [0.4, 0.5) is 11.4 Å². The van der Waals surface area contributed by atoms with Crippen molar-refractivity contribution in [2.45, 2.75) is 11.5 Å². The number of hydrogen-bond acceptors (Lipinski definition) is 6. The summed E-state index contributed by atoms with van der Waals surface area (Å²) in [5.41, 5.74) is 0.916. The van der Waals surface area contributed by atoms with E-state index in [1.807, 2.05) is 4.90 Å². The molecule has 1 unspecified atom stereocenters. The zero-order valence-electron chi connectivity index (χ0n) is 17.6. The lowest BCUT2D eigenvalue weighted by molar-refractivity contribution is -0.384. The maximum absolute atomic E-state index is 13.9. The highest BCUT2D eigenvalue weighted by atomic mass is 35.5. The molecule has 2 aliphatic heterocycles. The number of nitrogens with zero attached hydrogens (tertiary/aromatic N) is 3. The van der Waals surface area contributed by atoms with Crippen LogP contribution in [0.25, 0.3) is 0 Å². The first-order chi connectivity index (χ1) is 15.8. The van der Waals surface area contributed by atoms with Crippen molar-refractivity contribution in [2.75, 3.05) is 18.9 Å². The molecule has 33 heavy (non-hydrogen) atoms. The summed E-state index contributed by atoms with van der Waals surface area (Å²) in [6.07, 6.45) is 1.54. The number of Topliss-reactive ketones (excluding diaryl/α,β-unsaturated/α-hetero) is 1. The van der Waals surface area contributed by atoms with Crippen molar-refractivity contribution in [1.82, 2.24) is 9.88 Å². The molecule has 166 valence electrons. The van der Waals surface area contributed by atoms with E-state index in [0.29, 0.717) is 22.8 Å². The van der Waals surface area contributed by atoms with E-state index >= 15 is 0 Å². The Balaban J connectivity index is 1.71. The smallest absolute Gasteiger partial charge is 0.269 e. The van der Waals surface area contributed by atoms with Gasteiger partial charge in [-0.2, -0.15) is 0 Å². The third-order valence-corrected chi connectivity index (χ3v) is 6.88. The van der Waals surface area contributed by atoms with Crippen molar-refractivity contribution < 1.29 is 14.5 Å². The van der Waals surface area contributed by atoms with Crippen molar-refractivity contribution in [3.8, 4) is 0 Å². The highest BCUT2D eigenvalue weighted by molar-refractivity contribution is 6.31. The molecule has 0 radical (unpaired) electrons. The molecule has 3 atom stereocenters. The van der Waals surface area contributed by atoms with E-state index in [1.165, 1.54) is 12.1 Å². The Morgan fingerprint density at radius 3 is 2.64 bits per heavy atom. The molecule has 1 spiro atoms. The molecule has 0 aliphatic carbocycles. The predicted octanol–water partition coefficient (Wildman–Crippen LogP) is 4.02. The second-order valence-electron chi connectivity index (χ2n) is 8.30. The quantitative estimate of drug-likeness (QED) is 0.356. The van der Waals surface area contributed by atoms with Crippen molar-refractivity contribution in [1.29, 1.82) is 0 Å². The highest BCUT2D eigenvalue weighted by Crippen LogP contribution is 2.55. The molecular formula is C24H19ClN4O4. The van der Waals surface area contributed by atoms with Crippen LogP contribution in [0.15, 0.2) is 66.9 Å². The first-order valence-corrected chi connectivity index (χ1v) is 10.7. The van der Waals surface area contributed by atoms with Crippen molar-refractivity contribution >= 4 is 34.7 Å². The summed E-state index contributed by atoms with van der Waals surface area (Å²) < 4.78 is 0. The number of hydrogen-bond donors (Lipinski definition) is 1. The van der Waals surface area contributed by atoms with E-state index in [0.717, 1.165) is 5.56 Å². The minimum absolute atomic E-state index is 0.0387. The molecule has 2 aliphatic rings. The van der Waals surface area contributed by atoms with Gasteiger partial charge in [0.25, 0.3) is 5.69 Å². The summed E-state index contributed by atoms with van der Waals surface area (Å²) in [6.45, 7) is 0.389. The number of pyridine rings is 1. The Hall–Kier alpha value is -3.62. The van der Waals surface area contributed by atoms with Gasteiger partial charge in [0.05, 0.1) is 10.8 Å². The normalized spacial score (nSPS) is 24.0. The lowest BCUT2D eigenvalue weighted by atomic mass is 9.71. The Morgan fingerprint density at radius 1 is 1.21 bits per heavy atom. The Morgan fingerprint density at radius 2 is 1.97 bits per heavy atom. The van der Waals surface area contributed by atoms with Gasteiger partial charge in [-0.05, 0) is 42.9 Å². The van der Waals surface area contributed by atoms with E-state index in [-0.39, 0.29) is 23.1 Å². The van der Waals surface area contributed by atoms with Crippen molar-refractivity contribution in [3.63, 3.8) is 0 Å². The number of carbonyl (C=O) groups excluding carboxylic acids is 2. The van der Waals surface area contributed by atoms with Crippen LogP contribution in [0.2, 0.25) is 5.02 Å². The molecule has 5 rings (SSSR count). The number of halogens is 1. The number of likely N-dealkylation sites (N-methyl/N-ethyl adjacent to an activating group) is 1. The number of carbonyl (C=O) groups is 2. The number of benzene rings is 2. The molecule has 0 bridgehead atoms. The van der Waals surface area contributed by atoms with Crippen LogP contribution in [0.5, 0.6) is 0 Å². The molecule has 1 aromatic heterocycles. The number of non-ortho nitro benzene ring substituents is 1. The van der Waals surface area contributed by atoms with Gasteiger partial charge < -0.3 is 5.32 Å². The number of aromatic nitrogens is 1. The zero-order valence-corrected chi connectivity index (χ0v) is 18.3. The summed E-state index contributed by atoms with van der Waals surface area (Å²) in [5.74, 6) is -1.80. The molecule has 0 saturated carbocycles. The van der Waals surface area contributed by atoms with E-state index in [1.54, 1.807) is 61.8 Å². The van der Waals surface area contributed by atoms with Gasteiger partial charge >= 0.3 is 0 Å². The second kappa shape index (κ2) is 7.75. The van der Waals surface area contributed by atoms with Crippen LogP contribution in [-0.2, 0) is 10.3 Å². The monoisotopic (exact) mass is 462 g/mol. The molecule has 3 heterocycles. The average molecular weight is 463 g/mol. The van der Waals surface area contributed by atoms with Gasteiger partial charge in [-0.1, -0.05) is 29.8 Å². The summed E-state index contributed by atoms with van der Waals surface area (Å²) >= 11 is 6.31. The van der Waals surface area contributed by atoms with Gasteiger partial charge in [0, 0.05) is 47.1 Å². The lowest BCUT2D eigenvalue weighted by Gasteiger charge is -2.35. The molecule has 1 N–H and O–H groups in total. The van der Waals surface area contributed by atoms with Gasteiger partial charge in [0.15, 0.2) is 5.78 Å². The molecule has 1 saturated heterocycles. The molecule has 2 aromatic carbocycles. The lowest BCUT2D eigenvalue weighted by Crippen LogP contribution is -2.51. The van der Waals surface area contributed by atoms with Gasteiger partial charge in [0.1, 0.15) is 11.2 Å². The number of nitrogens with one attached hydrogen (secondary N) is 1. The number of likely N-dealkylation sites (tertiary alicyclic amines) is 1. The first kappa shape index (κ1) is 21.2. The summed E-state index contributed by atoms with van der Waals surface area (Å²) in [4.78, 5) is 44.3. The number of nitro groups is 1. The fourth-order valence-corrected chi connectivity index (χ4v) is 5.39. The second-order valence-corrected chi connectivity index (χ2v) is 8.74. The number of ketones is 1. The van der Waals surface area contributed by atoms with Crippen molar-refractivity contribution in [3.05, 3.63) is 98.8 Å². The maximum atomic E-state index is 13.9. The van der Waals surface area contributed by atoms with Crippen LogP contribution in [0, 0.1) is 16.0 Å². The van der Waals surface area contributed by atoms with E-state index in [2.05, 4.69) is 10.3 Å². The number of nitro benzene ring substituents is 1. The van der Waals surface area contributed by atoms with Crippen molar-refractivity contribution in [2.24, 2.45) is 5.92 Å². The minimum Gasteiger partial charge on any atom is -0.324 e. The third-order valence-electron chi connectivity index (χ3n) is 6.64. The zero-order chi connectivity index (χ0) is 23.3. The van der Waals surface area contributed by atoms with Gasteiger partial charge in [0.2, 0.25) is 5.91 Å². The summed E-state index contributed by atoms with van der Waals surface area (Å²) in [5, 5.41) is 14.5. The Kier molecular flexibility index (Phi) is 4.99. The molecule has 8 nitrogen and oxygen atoms in total. The largest absolute Gasteiger partial charge is 0.324 e. The SMILES string of the molecule is CN1C[C@H](c2ccc([N+](=O)[O-])cc2)C(C(=O)c2ccccn2)[C@]12C(=O)Nc1ccc(Cl)cc12. The van der Waals surface area contributed by atoms with Crippen LogP contribution >= 0.6 is 11.6 Å². The van der Waals surface area contributed by atoms with Crippen LogP contribution in [-0.4, -0.2) is 40.1 Å². The maximum Gasteiger partial charge on any atom is 0.269 e. The highest BCUT2D eigenvalue weighted by Gasteiger charge is 2.64. The van der Waals surface area contributed by atoms with Crippen LogP contribution in [0.1, 0.15) is 27.5 Å². The average Bonchev–Trinajstić information content (AvgIpc) is 3.29. The molecule has 1 fully saturated rings. The molecule has 9 heteroatoms. The fraction of sp³-hybridized carbons (Fsp3) is 0.208. The van der Waals surface area contributed by atoms with Crippen LogP contribution < -0.4 is 5.32 Å². The van der Waals surface area contributed by atoms with E-state index in [9.17, 15) is 19.7 Å². The number of fused-ring (bicyclic) bond motifs is 2. The molecule has 1 amide bonds.